The van der Waals surface area contributed by atoms with Gasteiger partial charge >= 0.3 is 6.03 Å². The van der Waals surface area contributed by atoms with Gasteiger partial charge in [-0.05, 0) is 17.7 Å². The normalized spacial score (nSPS) is 10.4. The molecule has 1 aromatic heterocycles. The fraction of sp³-hybridized carbons (Fsp3) is 0.286. The van der Waals surface area contributed by atoms with Gasteiger partial charge in [0.25, 0.3) is 0 Å². The number of urea groups is 1. The second kappa shape index (κ2) is 7.13. The summed E-state index contributed by atoms with van der Waals surface area (Å²) in [7, 11) is 3.20. The van der Waals surface area contributed by atoms with Crippen molar-refractivity contribution >= 4 is 17.6 Å². The second-order valence-electron chi connectivity index (χ2n) is 4.63. The molecule has 2 amide bonds. The summed E-state index contributed by atoms with van der Waals surface area (Å²) >= 11 is 5.94. The van der Waals surface area contributed by atoms with E-state index in [2.05, 4.69) is 15.7 Å². The van der Waals surface area contributed by atoms with Crippen LogP contribution in [0.25, 0.3) is 0 Å². The molecule has 0 aliphatic carbocycles. The topological polar surface area (TPSA) is 68.2 Å². The van der Waals surface area contributed by atoms with E-state index in [1.54, 1.807) is 24.0 Å². The minimum Gasteiger partial charge on any atom is -0.497 e. The van der Waals surface area contributed by atoms with Crippen molar-refractivity contribution in [2.45, 2.75) is 13.1 Å². The van der Waals surface area contributed by atoms with Crippen LogP contribution in [0.5, 0.6) is 5.75 Å². The molecule has 22 heavy (non-hydrogen) atoms. The molecule has 6 nitrogen and oxygen atoms in total. The first kappa shape index (κ1) is 16.1. The Morgan fingerprint density at radius 3 is 2.73 bits per heavy atom. The Morgan fingerprint density at radius 2 is 2.09 bits per heavy atom. The van der Waals surface area contributed by atoms with Gasteiger partial charge in [-0.1, -0.05) is 11.6 Å². The summed E-state index contributed by atoms with van der Waals surface area (Å²) in [5.41, 5.74) is 1.18. The van der Waals surface area contributed by atoms with Gasteiger partial charge in [-0.15, -0.1) is 0 Å². The minimum absolute atomic E-state index is 0.176. The number of aryl methyl sites for hydroxylation is 1. The number of rotatable bonds is 5. The van der Waals surface area contributed by atoms with Gasteiger partial charge in [0.1, 0.15) is 17.3 Å². The predicted octanol–water partition coefficient (Wildman–Crippen LogP) is 2.22. The van der Waals surface area contributed by atoms with Gasteiger partial charge in [-0.2, -0.15) is 5.10 Å². The highest BCUT2D eigenvalue weighted by molar-refractivity contribution is 6.31. The maximum Gasteiger partial charge on any atom is 0.315 e. The average molecular weight is 327 g/mol. The summed E-state index contributed by atoms with van der Waals surface area (Å²) in [6.07, 6.45) is 1.65. The van der Waals surface area contributed by atoms with E-state index in [9.17, 15) is 9.18 Å². The van der Waals surface area contributed by atoms with E-state index in [1.165, 1.54) is 19.2 Å². The van der Waals surface area contributed by atoms with E-state index in [1.807, 2.05) is 0 Å². The number of methoxy groups -OCH3 is 1. The molecule has 118 valence electrons. The second-order valence-corrected chi connectivity index (χ2v) is 5.04. The maximum absolute atomic E-state index is 13.3. The summed E-state index contributed by atoms with van der Waals surface area (Å²) in [4.78, 5) is 11.7. The van der Waals surface area contributed by atoms with Crippen molar-refractivity contribution in [2.75, 3.05) is 7.11 Å². The van der Waals surface area contributed by atoms with Crippen LogP contribution < -0.4 is 15.4 Å². The third kappa shape index (κ3) is 4.36. The maximum atomic E-state index is 13.3. The molecule has 0 spiro atoms. The Balaban J connectivity index is 1.85. The Labute approximate surface area is 132 Å². The molecule has 0 radical (unpaired) electrons. The molecule has 2 rings (SSSR count). The zero-order valence-electron chi connectivity index (χ0n) is 12.2. The molecule has 0 atom stereocenters. The zero-order valence-corrected chi connectivity index (χ0v) is 12.9. The van der Waals surface area contributed by atoms with Gasteiger partial charge in [-0.3, -0.25) is 4.68 Å². The van der Waals surface area contributed by atoms with Crippen LogP contribution in [0.15, 0.2) is 24.4 Å². The Bertz CT molecular complexity index is 675. The van der Waals surface area contributed by atoms with Gasteiger partial charge in [0.05, 0.1) is 18.7 Å². The fourth-order valence-corrected chi connectivity index (χ4v) is 2.12. The first-order chi connectivity index (χ1) is 10.5. The lowest BCUT2D eigenvalue weighted by Crippen LogP contribution is -2.34. The van der Waals surface area contributed by atoms with Crippen LogP contribution in [0, 0.1) is 5.82 Å². The number of aromatic nitrogens is 2. The largest absolute Gasteiger partial charge is 0.497 e. The molecular formula is C14H16ClFN4O2. The van der Waals surface area contributed by atoms with Crippen LogP contribution in [-0.4, -0.2) is 22.9 Å². The number of carbonyl (C=O) groups is 1. The molecule has 2 aromatic rings. The average Bonchev–Trinajstić information content (AvgIpc) is 2.80. The third-order valence-electron chi connectivity index (χ3n) is 2.89. The van der Waals surface area contributed by atoms with E-state index >= 15 is 0 Å². The molecule has 0 aliphatic heterocycles. The summed E-state index contributed by atoms with van der Waals surface area (Å²) < 4.78 is 19.9. The smallest absolute Gasteiger partial charge is 0.315 e. The number of hydrogen-bond acceptors (Lipinski definition) is 3. The molecule has 0 unspecified atom stereocenters. The number of nitrogens with zero attached hydrogens (tertiary/aromatic N) is 2. The van der Waals surface area contributed by atoms with Crippen LogP contribution in [0.4, 0.5) is 9.18 Å². The van der Waals surface area contributed by atoms with Crippen molar-refractivity contribution in [3.63, 3.8) is 0 Å². The lowest BCUT2D eigenvalue weighted by molar-refractivity contribution is 0.240. The highest BCUT2D eigenvalue weighted by Crippen LogP contribution is 2.16. The molecule has 0 aliphatic rings. The monoisotopic (exact) mass is 326 g/mol. The van der Waals surface area contributed by atoms with Crippen molar-refractivity contribution in [2.24, 2.45) is 7.05 Å². The molecule has 1 aromatic carbocycles. The van der Waals surface area contributed by atoms with Crippen molar-refractivity contribution in [3.8, 4) is 5.75 Å². The molecule has 0 fully saturated rings. The summed E-state index contributed by atoms with van der Waals surface area (Å²) in [6, 6.07) is 3.86. The molecule has 8 heteroatoms. The number of hydrogen-bond donors (Lipinski definition) is 2. The highest BCUT2D eigenvalue weighted by Gasteiger charge is 2.08. The van der Waals surface area contributed by atoms with E-state index in [0.29, 0.717) is 22.0 Å². The Morgan fingerprint density at radius 1 is 1.36 bits per heavy atom. The summed E-state index contributed by atoms with van der Waals surface area (Å²) in [5.74, 6) is -0.0192. The molecule has 2 N–H and O–H groups in total. The van der Waals surface area contributed by atoms with Crippen LogP contribution in [-0.2, 0) is 20.1 Å². The van der Waals surface area contributed by atoms with Crippen LogP contribution >= 0.6 is 11.6 Å². The fourth-order valence-electron chi connectivity index (χ4n) is 1.87. The Kier molecular flexibility index (Phi) is 5.21. The number of halogens is 2. The standard InChI is InChI=1S/C14H16ClFN4O2/c1-20-8-12(15)13(19-20)7-18-14(21)17-6-9-3-10(16)5-11(4-9)22-2/h3-5,8H,6-7H2,1-2H3,(H2,17,18,21). The van der Waals surface area contributed by atoms with Crippen LogP contribution in [0.1, 0.15) is 11.3 Å². The SMILES string of the molecule is COc1cc(F)cc(CNC(=O)NCc2nn(C)cc2Cl)c1. The summed E-state index contributed by atoms with van der Waals surface area (Å²) in [5, 5.41) is 9.85. The third-order valence-corrected chi connectivity index (χ3v) is 3.21. The number of benzene rings is 1. The van der Waals surface area contributed by atoms with Crippen molar-refractivity contribution < 1.29 is 13.9 Å². The van der Waals surface area contributed by atoms with Crippen LogP contribution in [0.3, 0.4) is 0 Å². The van der Waals surface area contributed by atoms with Gasteiger partial charge in [0.2, 0.25) is 0 Å². The number of ether oxygens (including phenoxy) is 1. The molecular weight excluding hydrogens is 311 g/mol. The number of carbonyl (C=O) groups excluding carboxylic acids is 1. The number of amides is 2. The lowest BCUT2D eigenvalue weighted by atomic mass is 10.2. The molecule has 0 saturated heterocycles. The van der Waals surface area contributed by atoms with Crippen molar-refractivity contribution in [1.82, 2.24) is 20.4 Å². The zero-order chi connectivity index (χ0) is 16.1. The molecule has 0 bridgehead atoms. The molecule has 1 heterocycles. The van der Waals surface area contributed by atoms with Gasteiger partial charge in [0, 0.05) is 25.9 Å². The van der Waals surface area contributed by atoms with Crippen molar-refractivity contribution in [3.05, 3.63) is 46.5 Å². The first-order valence-corrected chi connectivity index (χ1v) is 6.89. The first-order valence-electron chi connectivity index (χ1n) is 6.51. The van der Waals surface area contributed by atoms with Gasteiger partial charge < -0.3 is 15.4 Å². The number of nitrogens with one attached hydrogen (secondary N) is 2. The van der Waals surface area contributed by atoms with Crippen LogP contribution in [0.2, 0.25) is 5.02 Å². The Hall–Kier alpha value is -2.28. The van der Waals surface area contributed by atoms with E-state index < -0.39 is 11.8 Å². The summed E-state index contributed by atoms with van der Waals surface area (Å²) in [6.45, 7) is 0.383. The van der Waals surface area contributed by atoms with E-state index in [4.69, 9.17) is 16.3 Å². The van der Waals surface area contributed by atoms with E-state index in [0.717, 1.165) is 0 Å². The predicted molar refractivity (Wildman–Crippen MR) is 80.2 cm³/mol. The van der Waals surface area contributed by atoms with E-state index in [-0.39, 0.29) is 13.1 Å². The molecule has 0 saturated carbocycles. The van der Waals surface area contributed by atoms with Gasteiger partial charge in [0.15, 0.2) is 0 Å². The highest BCUT2D eigenvalue weighted by atomic mass is 35.5. The quantitative estimate of drug-likeness (QED) is 0.885. The lowest BCUT2D eigenvalue weighted by Gasteiger charge is -2.08. The van der Waals surface area contributed by atoms with Crippen molar-refractivity contribution in [1.29, 1.82) is 0 Å². The minimum atomic E-state index is -0.420. The van der Waals surface area contributed by atoms with Gasteiger partial charge in [-0.25, -0.2) is 9.18 Å².